The fourth-order valence-electron chi connectivity index (χ4n) is 0.966. The molecule has 0 radical (unpaired) electrons. The number of hydrogen-bond donors (Lipinski definition) is 2. The maximum atomic E-state index is 3.84. The average molecular weight is 192 g/mol. The monoisotopic (exact) mass is 192 g/mol. The summed E-state index contributed by atoms with van der Waals surface area (Å²) >= 11 is 0. The molecule has 0 unspecified atom stereocenters. The fourth-order valence-corrected chi connectivity index (χ4v) is 0.966. The SMILES string of the molecule is C=C(/C=C/C)NCCNC(=C)/C=C/C. The quantitative estimate of drug-likeness (QED) is 0.478. The van der Waals surface area contributed by atoms with Crippen LogP contribution in [0.4, 0.5) is 0 Å². The van der Waals surface area contributed by atoms with E-state index in [0.717, 1.165) is 24.5 Å². The summed E-state index contributed by atoms with van der Waals surface area (Å²) in [6.45, 7) is 13.3. The van der Waals surface area contributed by atoms with E-state index in [2.05, 4.69) is 23.8 Å². The zero-order chi connectivity index (χ0) is 10.8. The maximum absolute atomic E-state index is 3.84. The average Bonchev–Trinajstić information content (AvgIpc) is 2.13. The Kier molecular flexibility index (Phi) is 7.33. The highest BCUT2D eigenvalue weighted by molar-refractivity contribution is 5.12. The minimum atomic E-state index is 0.847. The first-order chi connectivity index (χ1) is 6.70. The van der Waals surface area contributed by atoms with Crippen LogP contribution in [0, 0.1) is 0 Å². The summed E-state index contributed by atoms with van der Waals surface area (Å²) in [4.78, 5) is 0. The van der Waals surface area contributed by atoms with Gasteiger partial charge in [-0.25, -0.2) is 0 Å². The second-order valence-electron chi connectivity index (χ2n) is 2.90. The van der Waals surface area contributed by atoms with Crippen molar-refractivity contribution in [2.45, 2.75) is 13.8 Å². The molecule has 0 saturated heterocycles. The van der Waals surface area contributed by atoms with E-state index in [4.69, 9.17) is 0 Å². The van der Waals surface area contributed by atoms with Gasteiger partial charge < -0.3 is 10.6 Å². The van der Waals surface area contributed by atoms with Crippen LogP contribution >= 0.6 is 0 Å². The molecule has 2 N–H and O–H groups in total. The smallest absolute Gasteiger partial charge is 0.0320 e. The van der Waals surface area contributed by atoms with E-state index in [1.54, 1.807) is 0 Å². The fraction of sp³-hybridized carbons (Fsp3) is 0.333. The van der Waals surface area contributed by atoms with Crippen molar-refractivity contribution in [2.24, 2.45) is 0 Å². The summed E-state index contributed by atoms with van der Waals surface area (Å²) in [6.07, 6.45) is 7.81. The van der Waals surface area contributed by atoms with Gasteiger partial charge in [0.15, 0.2) is 0 Å². The molecule has 2 nitrogen and oxygen atoms in total. The van der Waals surface area contributed by atoms with Crippen LogP contribution < -0.4 is 10.6 Å². The Bertz CT molecular complexity index is 211. The standard InChI is InChI=1S/C12H20N2/c1-5-7-11(3)13-9-10-14-12(4)8-6-2/h5-8,13-14H,3-4,9-10H2,1-2H3/b7-5+,8-6+. The van der Waals surface area contributed by atoms with Crippen LogP contribution in [-0.4, -0.2) is 13.1 Å². The number of nitrogens with one attached hydrogen (secondary N) is 2. The van der Waals surface area contributed by atoms with E-state index >= 15 is 0 Å². The molecule has 0 aliphatic heterocycles. The lowest BCUT2D eigenvalue weighted by atomic mass is 10.4. The molecule has 0 atom stereocenters. The van der Waals surface area contributed by atoms with Crippen molar-refractivity contribution in [1.82, 2.24) is 10.6 Å². The Morgan fingerprint density at radius 3 is 1.57 bits per heavy atom. The molecule has 0 amide bonds. The van der Waals surface area contributed by atoms with Gasteiger partial charge in [-0.15, -0.1) is 0 Å². The van der Waals surface area contributed by atoms with Crippen LogP contribution in [0.3, 0.4) is 0 Å². The van der Waals surface area contributed by atoms with Crippen molar-refractivity contribution in [2.75, 3.05) is 13.1 Å². The molecule has 0 rings (SSSR count). The highest BCUT2D eigenvalue weighted by Gasteiger charge is 1.88. The van der Waals surface area contributed by atoms with E-state index in [1.165, 1.54) is 0 Å². The Morgan fingerprint density at radius 1 is 0.929 bits per heavy atom. The minimum absolute atomic E-state index is 0.847. The van der Waals surface area contributed by atoms with Crippen LogP contribution in [0.1, 0.15) is 13.8 Å². The van der Waals surface area contributed by atoms with Gasteiger partial charge in [-0.1, -0.05) is 25.3 Å². The molecule has 78 valence electrons. The van der Waals surface area contributed by atoms with E-state index < -0.39 is 0 Å². The second kappa shape index (κ2) is 8.17. The summed E-state index contributed by atoms with van der Waals surface area (Å²) in [6, 6.07) is 0. The van der Waals surface area contributed by atoms with Crippen LogP contribution in [-0.2, 0) is 0 Å². The molecule has 0 saturated carbocycles. The molecule has 14 heavy (non-hydrogen) atoms. The summed E-state index contributed by atoms with van der Waals surface area (Å²) in [5, 5.41) is 6.34. The predicted molar refractivity (Wildman–Crippen MR) is 63.9 cm³/mol. The molecule has 0 spiro atoms. The molecule has 0 aromatic rings. The lowest BCUT2D eigenvalue weighted by molar-refractivity contribution is 0.737. The van der Waals surface area contributed by atoms with E-state index in [1.807, 2.05) is 38.2 Å². The van der Waals surface area contributed by atoms with Gasteiger partial charge in [-0.3, -0.25) is 0 Å². The van der Waals surface area contributed by atoms with Gasteiger partial charge in [0.05, 0.1) is 0 Å². The molecule has 0 heterocycles. The molecular formula is C12H20N2. The number of rotatable bonds is 7. The largest absolute Gasteiger partial charge is 0.384 e. The van der Waals surface area contributed by atoms with E-state index in [9.17, 15) is 0 Å². The summed E-state index contributed by atoms with van der Waals surface area (Å²) in [5.74, 6) is 0. The zero-order valence-electron chi connectivity index (χ0n) is 9.14. The Morgan fingerprint density at radius 2 is 1.29 bits per heavy atom. The van der Waals surface area contributed by atoms with Gasteiger partial charge in [-0.2, -0.15) is 0 Å². The van der Waals surface area contributed by atoms with Gasteiger partial charge in [0.1, 0.15) is 0 Å². The Hall–Kier alpha value is -1.44. The molecule has 2 heteroatoms. The van der Waals surface area contributed by atoms with Crippen molar-refractivity contribution in [3.8, 4) is 0 Å². The maximum Gasteiger partial charge on any atom is 0.0320 e. The first-order valence-corrected chi connectivity index (χ1v) is 4.81. The molecular weight excluding hydrogens is 172 g/mol. The third kappa shape index (κ3) is 7.22. The highest BCUT2D eigenvalue weighted by Crippen LogP contribution is 1.87. The van der Waals surface area contributed by atoms with Gasteiger partial charge >= 0.3 is 0 Å². The normalized spacial score (nSPS) is 10.7. The molecule has 0 aliphatic rings. The molecule has 0 bridgehead atoms. The van der Waals surface area contributed by atoms with Gasteiger partial charge in [0.25, 0.3) is 0 Å². The highest BCUT2D eigenvalue weighted by atomic mass is 14.9. The first kappa shape index (κ1) is 12.6. The Labute approximate surface area is 87.1 Å². The first-order valence-electron chi connectivity index (χ1n) is 4.81. The zero-order valence-corrected chi connectivity index (χ0v) is 9.14. The lowest BCUT2D eigenvalue weighted by Crippen LogP contribution is -2.25. The summed E-state index contributed by atoms with van der Waals surface area (Å²) < 4.78 is 0. The molecule has 0 aliphatic carbocycles. The Balaban J connectivity index is 3.47. The van der Waals surface area contributed by atoms with Gasteiger partial charge in [-0.05, 0) is 26.0 Å². The van der Waals surface area contributed by atoms with Gasteiger partial charge in [0.2, 0.25) is 0 Å². The third-order valence-electron chi connectivity index (χ3n) is 1.56. The van der Waals surface area contributed by atoms with E-state index in [0.29, 0.717) is 0 Å². The van der Waals surface area contributed by atoms with Crippen LogP contribution in [0.2, 0.25) is 0 Å². The van der Waals surface area contributed by atoms with Crippen molar-refractivity contribution in [1.29, 1.82) is 0 Å². The number of allylic oxidation sites excluding steroid dienone is 4. The second-order valence-corrected chi connectivity index (χ2v) is 2.90. The minimum Gasteiger partial charge on any atom is -0.384 e. The van der Waals surface area contributed by atoms with Gasteiger partial charge in [0, 0.05) is 24.5 Å². The summed E-state index contributed by atoms with van der Waals surface area (Å²) in [5.41, 5.74) is 1.87. The number of hydrogen-bond acceptors (Lipinski definition) is 2. The van der Waals surface area contributed by atoms with Crippen LogP contribution in [0.25, 0.3) is 0 Å². The lowest BCUT2D eigenvalue weighted by Gasteiger charge is -2.08. The summed E-state index contributed by atoms with van der Waals surface area (Å²) in [7, 11) is 0. The topological polar surface area (TPSA) is 24.1 Å². The van der Waals surface area contributed by atoms with Crippen molar-refractivity contribution >= 4 is 0 Å². The molecule has 0 aromatic carbocycles. The van der Waals surface area contributed by atoms with Crippen LogP contribution in [0.5, 0.6) is 0 Å². The van der Waals surface area contributed by atoms with Crippen LogP contribution in [0.15, 0.2) is 48.9 Å². The predicted octanol–water partition coefficient (Wildman–Crippen LogP) is 2.35. The van der Waals surface area contributed by atoms with Crippen molar-refractivity contribution < 1.29 is 0 Å². The van der Waals surface area contributed by atoms with E-state index in [-0.39, 0.29) is 0 Å². The molecule has 0 aromatic heterocycles. The van der Waals surface area contributed by atoms with Crippen molar-refractivity contribution in [3.63, 3.8) is 0 Å². The molecule has 0 fully saturated rings. The van der Waals surface area contributed by atoms with Crippen molar-refractivity contribution in [3.05, 3.63) is 48.9 Å². The third-order valence-corrected chi connectivity index (χ3v) is 1.56.